The van der Waals surface area contributed by atoms with E-state index in [9.17, 15) is 0 Å². The maximum absolute atomic E-state index is 5.85. The lowest BCUT2D eigenvalue weighted by molar-refractivity contribution is 0.152. The van der Waals surface area contributed by atoms with Gasteiger partial charge in [0.2, 0.25) is 0 Å². The summed E-state index contributed by atoms with van der Waals surface area (Å²) in [5.74, 6) is 2.40. The van der Waals surface area contributed by atoms with Gasteiger partial charge in [0.25, 0.3) is 0 Å². The SMILES string of the molecule is CCOCCNC(=NC)NCc1cccc(Oc2ccccc2)c1. The average Bonchev–Trinajstić information content (AvgIpc) is 2.62. The Bertz CT molecular complexity index is 630. The number of hydrogen-bond donors (Lipinski definition) is 2. The minimum Gasteiger partial charge on any atom is -0.457 e. The second-order valence-electron chi connectivity index (χ2n) is 5.11. The molecule has 0 aliphatic rings. The summed E-state index contributed by atoms with van der Waals surface area (Å²) in [4.78, 5) is 4.20. The first-order valence-electron chi connectivity index (χ1n) is 8.16. The van der Waals surface area contributed by atoms with Crippen LogP contribution in [-0.4, -0.2) is 32.8 Å². The Morgan fingerprint density at radius 2 is 1.79 bits per heavy atom. The van der Waals surface area contributed by atoms with Crippen molar-refractivity contribution in [3.8, 4) is 11.5 Å². The number of guanidine groups is 1. The highest BCUT2D eigenvalue weighted by Crippen LogP contribution is 2.21. The van der Waals surface area contributed by atoms with Crippen molar-refractivity contribution < 1.29 is 9.47 Å². The molecule has 0 atom stereocenters. The molecule has 0 fully saturated rings. The Hall–Kier alpha value is -2.53. The Morgan fingerprint density at radius 3 is 2.54 bits per heavy atom. The molecule has 24 heavy (non-hydrogen) atoms. The van der Waals surface area contributed by atoms with Crippen molar-refractivity contribution in [2.75, 3.05) is 26.8 Å². The first-order chi connectivity index (χ1) is 11.8. The molecule has 2 aromatic carbocycles. The molecule has 0 saturated heterocycles. The number of para-hydroxylation sites is 1. The minimum absolute atomic E-state index is 0.664. The molecule has 2 N–H and O–H groups in total. The van der Waals surface area contributed by atoms with Crippen molar-refractivity contribution in [1.29, 1.82) is 0 Å². The van der Waals surface area contributed by atoms with Gasteiger partial charge in [0.05, 0.1) is 6.61 Å². The molecule has 5 nitrogen and oxygen atoms in total. The van der Waals surface area contributed by atoms with Gasteiger partial charge in [-0.1, -0.05) is 30.3 Å². The van der Waals surface area contributed by atoms with E-state index < -0.39 is 0 Å². The molecule has 0 radical (unpaired) electrons. The summed E-state index contributed by atoms with van der Waals surface area (Å²) >= 11 is 0. The van der Waals surface area contributed by atoms with Crippen LogP contribution in [0.15, 0.2) is 59.6 Å². The van der Waals surface area contributed by atoms with Crippen LogP contribution in [0.4, 0.5) is 0 Å². The molecule has 0 spiro atoms. The molecule has 0 saturated carbocycles. The smallest absolute Gasteiger partial charge is 0.191 e. The molecule has 0 bridgehead atoms. The normalized spacial score (nSPS) is 11.2. The van der Waals surface area contributed by atoms with E-state index in [2.05, 4.69) is 21.7 Å². The fourth-order valence-corrected chi connectivity index (χ4v) is 2.14. The van der Waals surface area contributed by atoms with Gasteiger partial charge in [-0.2, -0.15) is 0 Å². The van der Waals surface area contributed by atoms with Crippen molar-refractivity contribution in [2.24, 2.45) is 4.99 Å². The molecule has 0 heterocycles. The minimum atomic E-state index is 0.664. The van der Waals surface area contributed by atoms with Gasteiger partial charge in [0.15, 0.2) is 5.96 Å². The number of nitrogens with one attached hydrogen (secondary N) is 2. The van der Waals surface area contributed by atoms with Crippen LogP contribution in [0.1, 0.15) is 12.5 Å². The van der Waals surface area contributed by atoms with Crippen LogP contribution in [0, 0.1) is 0 Å². The molecule has 5 heteroatoms. The van der Waals surface area contributed by atoms with E-state index >= 15 is 0 Å². The van der Waals surface area contributed by atoms with Crippen LogP contribution < -0.4 is 15.4 Å². The molecule has 0 amide bonds. The highest BCUT2D eigenvalue weighted by molar-refractivity contribution is 5.79. The topological polar surface area (TPSA) is 54.9 Å². The van der Waals surface area contributed by atoms with Crippen LogP contribution in [0.5, 0.6) is 11.5 Å². The van der Waals surface area contributed by atoms with E-state index in [4.69, 9.17) is 9.47 Å². The maximum Gasteiger partial charge on any atom is 0.191 e. The summed E-state index contributed by atoms with van der Waals surface area (Å²) in [6.45, 7) is 4.77. The summed E-state index contributed by atoms with van der Waals surface area (Å²) < 4.78 is 11.2. The molecule has 0 aromatic heterocycles. The first-order valence-corrected chi connectivity index (χ1v) is 8.16. The lowest BCUT2D eigenvalue weighted by Crippen LogP contribution is -2.38. The fourth-order valence-electron chi connectivity index (χ4n) is 2.14. The van der Waals surface area contributed by atoms with E-state index in [1.165, 1.54) is 0 Å². The van der Waals surface area contributed by atoms with Crippen molar-refractivity contribution >= 4 is 5.96 Å². The lowest BCUT2D eigenvalue weighted by atomic mass is 10.2. The van der Waals surface area contributed by atoms with E-state index in [1.807, 2.05) is 55.5 Å². The van der Waals surface area contributed by atoms with Crippen molar-refractivity contribution in [3.05, 3.63) is 60.2 Å². The van der Waals surface area contributed by atoms with Crippen LogP contribution in [-0.2, 0) is 11.3 Å². The van der Waals surface area contributed by atoms with Crippen molar-refractivity contribution in [2.45, 2.75) is 13.5 Å². The zero-order valence-electron chi connectivity index (χ0n) is 14.3. The molecule has 0 aliphatic heterocycles. The number of rotatable bonds is 8. The molecular formula is C19H25N3O2. The van der Waals surface area contributed by atoms with Crippen LogP contribution in [0.2, 0.25) is 0 Å². The number of hydrogen-bond acceptors (Lipinski definition) is 3. The molecule has 0 aliphatic carbocycles. The summed E-state index contributed by atoms with van der Waals surface area (Å²) in [6.07, 6.45) is 0. The maximum atomic E-state index is 5.85. The third kappa shape index (κ3) is 6.30. The van der Waals surface area contributed by atoms with E-state index in [1.54, 1.807) is 7.05 Å². The van der Waals surface area contributed by atoms with Gasteiger partial charge in [-0.3, -0.25) is 4.99 Å². The summed E-state index contributed by atoms with van der Waals surface area (Å²) in [5.41, 5.74) is 1.12. The third-order valence-electron chi connectivity index (χ3n) is 3.30. The Morgan fingerprint density at radius 1 is 1.00 bits per heavy atom. The Kier molecular flexibility index (Phi) is 7.63. The number of aliphatic imine (C=N–C) groups is 1. The second-order valence-corrected chi connectivity index (χ2v) is 5.11. The monoisotopic (exact) mass is 327 g/mol. The summed E-state index contributed by atoms with van der Waals surface area (Å²) in [5, 5.41) is 6.49. The number of ether oxygens (including phenoxy) is 2. The summed E-state index contributed by atoms with van der Waals surface area (Å²) in [6, 6.07) is 17.8. The van der Waals surface area contributed by atoms with E-state index in [0.29, 0.717) is 13.2 Å². The largest absolute Gasteiger partial charge is 0.457 e. The molecule has 2 rings (SSSR count). The zero-order chi connectivity index (χ0) is 17.0. The lowest BCUT2D eigenvalue weighted by Gasteiger charge is -2.12. The van der Waals surface area contributed by atoms with Gasteiger partial charge < -0.3 is 20.1 Å². The number of nitrogens with zero attached hydrogens (tertiary/aromatic N) is 1. The predicted octanol–water partition coefficient (Wildman–Crippen LogP) is 3.18. The Labute approximate surface area is 143 Å². The first kappa shape index (κ1) is 17.8. The van der Waals surface area contributed by atoms with E-state index in [0.717, 1.165) is 36.2 Å². The standard InChI is InChI=1S/C19H25N3O2/c1-3-23-13-12-21-19(20-2)22-15-16-8-7-11-18(14-16)24-17-9-5-4-6-10-17/h4-11,14H,3,12-13,15H2,1-2H3,(H2,20,21,22). The van der Waals surface area contributed by atoms with Crippen LogP contribution >= 0.6 is 0 Å². The summed E-state index contributed by atoms with van der Waals surface area (Å²) in [7, 11) is 1.75. The third-order valence-corrected chi connectivity index (χ3v) is 3.30. The highest BCUT2D eigenvalue weighted by Gasteiger charge is 2.01. The van der Waals surface area contributed by atoms with Gasteiger partial charge in [-0.05, 0) is 36.8 Å². The van der Waals surface area contributed by atoms with Gasteiger partial charge >= 0.3 is 0 Å². The quantitative estimate of drug-likeness (QED) is 0.444. The molecule has 128 valence electrons. The van der Waals surface area contributed by atoms with Crippen molar-refractivity contribution in [3.63, 3.8) is 0 Å². The predicted molar refractivity (Wildman–Crippen MR) is 97.7 cm³/mol. The zero-order valence-corrected chi connectivity index (χ0v) is 14.3. The Balaban J connectivity index is 1.85. The second kappa shape index (κ2) is 10.3. The highest BCUT2D eigenvalue weighted by atomic mass is 16.5. The molecule has 0 unspecified atom stereocenters. The van der Waals surface area contributed by atoms with Crippen LogP contribution in [0.3, 0.4) is 0 Å². The van der Waals surface area contributed by atoms with Gasteiger partial charge in [0.1, 0.15) is 11.5 Å². The van der Waals surface area contributed by atoms with Gasteiger partial charge in [-0.15, -0.1) is 0 Å². The van der Waals surface area contributed by atoms with Gasteiger partial charge in [0, 0.05) is 26.7 Å². The number of benzene rings is 2. The van der Waals surface area contributed by atoms with Crippen molar-refractivity contribution in [1.82, 2.24) is 10.6 Å². The molecule has 2 aromatic rings. The van der Waals surface area contributed by atoms with Gasteiger partial charge in [-0.25, -0.2) is 0 Å². The van der Waals surface area contributed by atoms with Crippen LogP contribution in [0.25, 0.3) is 0 Å². The fraction of sp³-hybridized carbons (Fsp3) is 0.316. The molecular weight excluding hydrogens is 302 g/mol. The van der Waals surface area contributed by atoms with E-state index in [-0.39, 0.29) is 0 Å². The average molecular weight is 327 g/mol.